The molecule has 5 nitrogen and oxygen atoms in total. The zero-order chi connectivity index (χ0) is 22.2. The average Bonchev–Trinajstić information content (AvgIpc) is 3.23. The number of nitrogens with zero attached hydrogens (tertiary/aromatic N) is 3. The number of fused-ring (bicyclic) bond motifs is 1. The van der Waals surface area contributed by atoms with Gasteiger partial charge in [-0.1, -0.05) is 11.6 Å². The molecule has 1 saturated carbocycles. The lowest BCUT2D eigenvalue weighted by Crippen LogP contribution is -2.34. The Hall–Kier alpha value is -1.99. The first kappa shape index (κ1) is 22.2. The lowest BCUT2D eigenvalue weighted by atomic mass is 9.87. The molecule has 0 bridgehead atoms. The van der Waals surface area contributed by atoms with Crippen LogP contribution in [0, 0.1) is 5.92 Å². The van der Waals surface area contributed by atoms with E-state index in [1.807, 2.05) is 18.2 Å². The molecule has 1 amide bonds. The van der Waals surface area contributed by atoms with Crippen molar-refractivity contribution in [2.45, 2.75) is 44.1 Å². The predicted octanol–water partition coefficient (Wildman–Crippen LogP) is 4.58. The van der Waals surface area contributed by atoms with E-state index >= 15 is 0 Å². The van der Waals surface area contributed by atoms with E-state index in [2.05, 4.69) is 29.2 Å². The fourth-order valence-electron chi connectivity index (χ4n) is 4.57. The van der Waals surface area contributed by atoms with Crippen LogP contribution in [0.3, 0.4) is 0 Å². The first-order valence-corrected chi connectivity index (χ1v) is 11.3. The van der Waals surface area contributed by atoms with Crippen LogP contribution < -0.4 is 10.2 Å². The largest absolute Gasteiger partial charge is 0.355 e. The summed E-state index contributed by atoms with van der Waals surface area (Å²) in [5.74, 6) is -1.88. The van der Waals surface area contributed by atoms with Crippen LogP contribution in [0.4, 0.5) is 14.6 Å². The maximum Gasteiger partial charge on any atom is 0.253 e. The number of carbonyl (C=O) groups is 1. The number of nitrogens with one attached hydrogen (secondary N) is 1. The molecule has 1 aliphatic heterocycles. The van der Waals surface area contributed by atoms with Crippen molar-refractivity contribution in [1.82, 2.24) is 15.2 Å². The quantitative estimate of drug-likeness (QED) is 0.724. The molecule has 1 N–H and O–H groups in total. The number of carbonyl (C=O) groups excluding carboxylic acids is 1. The molecular formula is C23H29ClF2N4O. The summed E-state index contributed by atoms with van der Waals surface area (Å²) in [4.78, 5) is 22.2. The Kier molecular flexibility index (Phi) is 6.35. The van der Waals surface area contributed by atoms with Crippen molar-refractivity contribution in [3.8, 4) is 0 Å². The molecule has 1 atom stereocenters. The number of benzene rings is 1. The van der Waals surface area contributed by atoms with Gasteiger partial charge in [0, 0.05) is 43.9 Å². The molecule has 168 valence electrons. The molecule has 8 heteroatoms. The molecule has 1 aliphatic carbocycles. The van der Waals surface area contributed by atoms with Crippen molar-refractivity contribution < 1.29 is 13.6 Å². The lowest BCUT2D eigenvalue weighted by Gasteiger charge is -2.28. The summed E-state index contributed by atoms with van der Waals surface area (Å²) < 4.78 is 26.7. The van der Waals surface area contributed by atoms with Gasteiger partial charge in [-0.2, -0.15) is 0 Å². The summed E-state index contributed by atoms with van der Waals surface area (Å²) >= 11 is 6.37. The summed E-state index contributed by atoms with van der Waals surface area (Å²) in [6, 6.07) is 7.88. The van der Waals surface area contributed by atoms with Gasteiger partial charge in [0.1, 0.15) is 5.82 Å². The molecule has 1 aromatic carbocycles. The standard InChI is InChI=1S/C23H29ClF2N4O/c1-29(2)16-9-12-30(14-16)20-6-3-17-19(28-20)5-4-18(24)21(17)22(31)27-13-15-7-10-23(25,26)11-8-15/h3-6,15-16H,7-14H2,1-2H3,(H,27,31)/t16-/m1/s1. The molecule has 1 aromatic heterocycles. The van der Waals surface area contributed by atoms with Crippen LogP contribution in [0.2, 0.25) is 5.02 Å². The minimum atomic E-state index is -2.56. The fourth-order valence-corrected chi connectivity index (χ4v) is 4.83. The van der Waals surface area contributed by atoms with E-state index in [0.29, 0.717) is 41.4 Å². The van der Waals surface area contributed by atoms with E-state index in [4.69, 9.17) is 16.6 Å². The second kappa shape index (κ2) is 8.87. The van der Waals surface area contributed by atoms with Crippen molar-refractivity contribution in [3.05, 3.63) is 34.9 Å². The number of rotatable bonds is 5. The first-order valence-electron chi connectivity index (χ1n) is 10.9. The van der Waals surface area contributed by atoms with Gasteiger partial charge in [0.2, 0.25) is 5.92 Å². The van der Waals surface area contributed by atoms with Crippen LogP contribution in [0.15, 0.2) is 24.3 Å². The Morgan fingerprint density at radius 3 is 2.65 bits per heavy atom. The van der Waals surface area contributed by atoms with Gasteiger partial charge in [-0.15, -0.1) is 0 Å². The summed E-state index contributed by atoms with van der Waals surface area (Å²) in [6.07, 6.45) is 1.71. The molecule has 2 fully saturated rings. The maximum atomic E-state index is 13.4. The molecule has 2 aromatic rings. The zero-order valence-corrected chi connectivity index (χ0v) is 18.8. The van der Waals surface area contributed by atoms with Crippen LogP contribution in [0.1, 0.15) is 42.5 Å². The smallest absolute Gasteiger partial charge is 0.253 e. The van der Waals surface area contributed by atoms with Gasteiger partial charge in [0.15, 0.2) is 0 Å². The third kappa shape index (κ3) is 4.93. The normalized spacial score (nSPS) is 21.7. The monoisotopic (exact) mass is 450 g/mol. The number of pyridine rings is 1. The van der Waals surface area contributed by atoms with E-state index in [1.165, 1.54) is 0 Å². The van der Waals surface area contributed by atoms with Crippen molar-refractivity contribution in [2.75, 3.05) is 38.6 Å². The second-order valence-electron chi connectivity index (χ2n) is 9.02. The van der Waals surface area contributed by atoms with Crippen LogP contribution in [-0.2, 0) is 0 Å². The molecule has 1 saturated heterocycles. The zero-order valence-electron chi connectivity index (χ0n) is 18.0. The van der Waals surface area contributed by atoms with Crippen LogP contribution >= 0.6 is 11.6 Å². The second-order valence-corrected chi connectivity index (χ2v) is 9.43. The third-order valence-electron chi connectivity index (χ3n) is 6.64. The molecule has 0 spiro atoms. The highest BCUT2D eigenvalue weighted by atomic mass is 35.5. The molecule has 4 rings (SSSR count). The maximum absolute atomic E-state index is 13.4. The van der Waals surface area contributed by atoms with Crippen molar-refractivity contribution in [1.29, 1.82) is 0 Å². The van der Waals surface area contributed by atoms with Crippen molar-refractivity contribution >= 4 is 34.2 Å². The van der Waals surface area contributed by atoms with Gasteiger partial charge < -0.3 is 15.1 Å². The number of halogens is 3. The third-order valence-corrected chi connectivity index (χ3v) is 6.95. The Balaban J connectivity index is 1.48. The van der Waals surface area contributed by atoms with Crippen LogP contribution in [-0.4, -0.2) is 61.5 Å². The van der Waals surface area contributed by atoms with Gasteiger partial charge in [-0.3, -0.25) is 4.79 Å². The van der Waals surface area contributed by atoms with Gasteiger partial charge in [0.25, 0.3) is 5.91 Å². The Morgan fingerprint density at radius 2 is 1.97 bits per heavy atom. The number of hydrogen-bond donors (Lipinski definition) is 1. The topological polar surface area (TPSA) is 48.5 Å². The number of aromatic nitrogens is 1. The summed E-state index contributed by atoms with van der Waals surface area (Å²) in [7, 11) is 4.18. The van der Waals surface area contributed by atoms with E-state index < -0.39 is 5.92 Å². The predicted molar refractivity (Wildman–Crippen MR) is 120 cm³/mol. The number of alkyl halides is 2. The van der Waals surface area contributed by atoms with Crippen molar-refractivity contribution in [2.24, 2.45) is 5.92 Å². The van der Waals surface area contributed by atoms with E-state index in [0.717, 1.165) is 30.8 Å². The van der Waals surface area contributed by atoms with E-state index in [-0.39, 0.29) is 24.7 Å². The number of likely N-dealkylation sites (N-methyl/N-ethyl adjacent to an activating group) is 1. The molecule has 0 unspecified atom stereocenters. The molecule has 31 heavy (non-hydrogen) atoms. The molecular weight excluding hydrogens is 422 g/mol. The first-order chi connectivity index (χ1) is 14.7. The average molecular weight is 451 g/mol. The van der Waals surface area contributed by atoms with Gasteiger partial charge in [-0.05, 0) is 63.5 Å². The summed E-state index contributed by atoms with van der Waals surface area (Å²) in [5, 5.41) is 3.97. The number of anilines is 1. The van der Waals surface area contributed by atoms with E-state index in [1.54, 1.807) is 6.07 Å². The highest BCUT2D eigenvalue weighted by Crippen LogP contribution is 2.36. The number of amides is 1. The summed E-state index contributed by atoms with van der Waals surface area (Å²) in [6.45, 7) is 2.25. The highest BCUT2D eigenvalue weighted by molar-refractivity contribution is 6.35. The minimum Gasteiger partial charge on any atom is -0.355 e. The Morgan fingerprint density at radius 1 is 1.23 bits per heavy atom. The van der Waals surface area contributed by atoms with Gasteiger partial charge >= 0.3 is 0 Å². The molecule has 0 radical (unpaired) electrons. The summed E-state index contributed by atoms with van der Waals surface area (Å²) in [5.41, 5.74) is 1.12. The van der Waals surface area contributed by atoms with Crippen LogP contribution in [0.5, 0.6) is 0 Å². The fraction of sp³-hybridized carbons (Fsp3) is 0.565. The van der Waals surface area contributed by atoms with Gasteiger partial charge in [0.05, 0.1) is 16.1 Å². The minimum absolute atomic E-state index is 0.0712. The Labute approximate surface area is 186 Å². The lowest BCUT2D eigenvalue weighted by molar-refractivity contribution is -0.0452. The van der Waals surface area contributed by atoms with Crippen LogP contribution in [0.25, 0.3) is 10.9 Å². The Bertz CT molecular complexity index is 958. The van der Waals surface area contributed by atoms with E-state index in [9.17, 15) is 13.6 Å². The molecule has 2 aliphatic rings. The van der Waals surface area contributed by atoms with Crippen molar-refractivity contribution in [3.63, 3.8) is 0 Å². The SMILES string of the molecule is CN(C)[C@@H]1CCN(c2ccc3c(C(=O)NCC4CCC(F)(F)CC4)c(Cl)ccc3n2)C1. The molecule has 2 heterocycles. The number of hydrogen-bond acceptors (Lipinski definition) is 4. The van der Waals surface area contributed by atoms with Gasteiger partial charge in [-0.25, -0.2) is 13.8 Å². The highest BCUT2D eigenvalue weighted by Gasteiger charge is 2.35.